The molecule has 2 aromatic carbocycles. The molecule has 0 aromatic heterocycles. The number of nitrogens with zero attached hydrogens (tertiary/aromatic N) is 1. The monoisotopic (exact) mass is 490 g/mol. The quantitative estimate of drug-likeness (QED) is 0.521. The average molecular weight is 491 g/mol. The first-order valence-electron chi connectivity index (χ1n) is 11.7. The predicted molar refractivity (Wildman–Crippen MR) is 124 cm³/mol. The summed E-state index contributed by atoms with van der Waals surface area (Å²) >= 11 is 0. The minimum atomic E-state index is -4.43. The van der Waals surface area contributed by atoms with E-state index < -0.39 is 28.7 Å². The van der Waals surface area contributed by atoms with Gasteiger partial charge in [-0.05, 0) is 94.3 Å². The van der Waals surface area contributed by atoms with Crippen LogP contribution in [0.25, 0.3) is 0 Å². The molecule has 1 unspecified atom stereocenters. The number of hydrogen-bond acceptors (Lipinski definition) is 4. The molecule has 0 bridgehead atoms. The fraction of sp³-hybridized carbons (Fsp3) is 0.462. The van der Waals surface area contributed by atoms with Gasteiger partial charge in [-0.2, -0.15) is 13.2 Å². The Bertz CT molecular complexity index is 1080. The predicted octanol–water partition coefficient (Wildman–Crippen LogP) is 5.36. The van der Waals surface area contributed by atoms with Crippen LogP contribution in [0.1, 0.15) is 57.1 Å². The van der Waals surface area contributed by atoms with Gasteiger partial charge < -0.3 is 9.84 Å². The number of carbonyl (C=O) groups excluding carboxylic acids is 1. The Kier molecular flexibility index (Phi) is 6.57. The van der Waals surface area contributed by atoms with Gasteiger partial charge in [-0.3, -0.25) is 4.79 Å². The maximum atomic E-state index is 13.0. The number of benzene rings is 2. The van der Waals surface area contributed by atoms with Crippen LogP contribution < -0.4 is 15.2 Å². The van der Waals surface area contributed by atoms with Crippen molar-refractivity contribution in [1.29, 1.82) is 0 Å². The molecule has 4 rings (SSSR count). The van der Waals surface area contributed by atoms with Crippen molar-refractivity contribution < 1.29 is 32.6 Å². The highest BCUT2D eigenvalue weighted by Crippen LogP contribution is 2.38. The van der Waals surface area contributed by atoms with Crippen LogP contribution >= 0.6 is 0 Å². The lowest BCUT2D eigenvalue weighted by molar-refractivity contribution is -0.163. The summed E-state index contributed by atoms with van der Waals surface area (Å²) in [5, 5.41) is 10.8. The number of hydrazine groups is 1. The second-order valence-corrected chi connectivity index (χ2v) is 9.88. The molecule has 2 N–H and O–H groups in total. The third kappa shape index (κ3) is 5.00. The Balaban J connectivity index is 1.33. The molecule has 1 saturated carbocycles. The van der Waals surface area contributed by atoms with Gasteiger partial charge in [0, 0.05) is 6.04 Å². The van der Waals surface area contributed by atoms with Gasteiger partial charge in [0.1, 0.15) is 5.75 Å². The SMILES string of the molecule is CC1(C)C(=O)N(c2ccc(C(F)(F)F)cc2)NC1CCCc1ccc(OC2(C(=O)O)CCC2)cc1. The maximum Gasteiger partial charge on any atom is 0.416 e. The Morgan fingerprint density at radius 3 is 2.26 bits per heavy atom. The highest BCUT2D eigenvalue weighted by Gasteiger charge is 2.48. The van der Waals surface area contributed by atoms with E-state index in [-0.39, 0.29) is 11.9 Å². The summed E-state index contributed by atoms with van der Waals surface area (Å²) in [4.78, 5) is 24.4. The van der Waals surface area contributed by atoms with E-state index in [9.17, 15) is 27.9 Å². The largest absolute Gasteiger partial charge is 0.478 e. The van der Waals surface area contributed by atoms with Crippen LogP contribution in [-0.4, -0.2) is 28.6 Å². The van der Waals surface area contributed by atoms with E-state index in [2.05, 4.69) is 5.43 Å². The van der Waals surface area contributed by atoms with E-state index >= 15 is 0 Å². The number of rotatable bonds is 8. The fourth-order valence-electron chi connectivity index (χ4n) is 4.55. The lowest BCUT2D eigenvalue weighted by atomic mass is 9.80. The molecule has 9 heteroatoms. The van der Waals surface area contributed by atoms with Gasteiger partial charge in [-0.15, -0.1) is 0 Å². The van der Waals surface area contributed by atoms with E-state index in [4.69, 9.17) is 4.74 Å². The number of hydrogen-bond donors (Lipinski definition) is 2. The van der Waals surface area contributed by atoms with E-state index in [1.54, 1.807) is 12.1 Å². The second kappa shape index (κ2) is 9.18. The fourth-order valence-corrected chi connectivity index (χ4v) is 4.55. The van der Waals surface area contributed by atoms with Crippen LogP contribution in [-0.2, 0) is 22.2 Å². The Hall–Kier alpha value is -3.07. The minimum Gasteiger partial charge on any atom is -0.478 e. The third-order valence-corrected chi connectivity index (χ3v) is 7.11. The Morgan fingerprint density at radius 2 is 1.74 bits per heavy atom. The molecule has 1 saturated heterocycles. The van der Waals surface area contributed by atoms with Crippen molar-refractivity contribution in [2.75, 3.05) is 5.01 Å². The number of aryl methyl sites for hydroxylation is 1. The van der Waals surface area contributed by atoms with Gasteiger partial charge in [-0.25, -0.2) is 15.2 Å². The number of aliphatic carboxylic acids is 1. The number of alkyl halides is 3. The van der Waals surface area contributed by atoms with E-state index in [0.29, 0.717) is 30.7 Å². The van der Waals surface area contributed by atoms with E-state index in [1.807, 2.05) is 26.0 Å². The molecule has 2 aliphatic rings. The van der Waals surface area contributed by atoms with Gasteiger partial charge in [0.15, 0.2) is 0 Å². The minimum absolute atomic E-state index is 0.172. The first-order valence-corrected chi connectivity index (χ1v) is 11.7. The molecular weight excluding hydrogens is 461 g/mol. The molecule has 0 spiro atoms. The number of anilines is 1. The molecule has 35 heavy (non-hydrogen) atoms. The first kappa shape index (κ1) is 25.0. The van der Waals surface area contributed by atoms with Crippen molar-refractivity contribution in [3.05, 3.63) is 59.7 Å². The second-order valence-electron chi connectivity index (χ2n) is 9.88. The summed E-state index contributed by atoms with van der Waals surface area (Å²) in [7, 11) is 0. The highest BCUT2D eigenvalue weighted by atomic mass is 19.4. The zero-order chi connectivity index (χ0) is 25.4. The number of nitrogens with one attached hydrogen (secondary N) is 1. The molecule has 188 valence electrons. The molecule has 0 radical (unpaired) electrons. The number of carbonyl (C=O) groups is 2. The Labute approximate surface area is 202 Å². The normalized spacial score (nSPS) is 21.0. The summed E-state index contributed by atoms with van der Waals surface area (Å²) in [6.07, 6.45) is -0.332. The number of ether oxygens (including phenoxy) is 1. The number of halogens is 3. The molecular formula is C26H29F3N2O4. The number of amides is 1. The lowest BCUT2D eigenvalue weighted by Gasteiger charge is -2.37. The molecule has 2 fully saturated rings. The van der Waals surface area contributed by atoms with Gasteiger partial charge in [0.2, 0.25) is 11.5 Å². The van der Waals surface area contributed by atoms with E-state index in [0.717, 1.165) is 37.0 Å². The van der Waals surface area contributed by atoms with Crippen molar-refractivity contribution >= 4 is 17.6 Å². The van der Waals surface area contributed by atoms with Crippen LogP contribution in [0.4, 0.5) is 18.9 Å². The van der Waals surface area contributed by atoms with Gasteiger partial charge in [-0.1, -0.05) is 12.1 Å². The summed E-state index contributed by atoms with van der Waals surface area (Å²) in [5.74, 6) is -0.585. The number of carboxylic acids is 1. The maximum absolute atomic E-state index is 13.0. The van der Waals surface area contributed by atoms with Gasteiger partial charge in [0.05, 0.1) is 16.7 Å². The zero-order valence-electron chi connectivity index (χ0n) is 19.7. The summed E-state index contributed by atoms with van der Waals surface area (Å²) in [6.45, 7) is 3.67. The van der Waals surface area contributed by atoms with Crippen molar-refractivity contribution in [2.24, 2.45) is 5.41 Å². The van der Waals surface area contributed by atoms with Crippen LogP contribution in [0.5, 0.6) is 5.75 Å². The van der Waals surface area contributed by atoms with Crippen molar-refractivity contribution in [3.8, 4) is 5.75 Å². The first-order chi connectivity index (χ1) is 16.4. The van der Waals surface area contributed by atoms with Crippen LogP contribution in [0, 0.1) is 5.41 Å². The van der Waals surface area contributed by atoms with E-state index in [1.165, 1.54) is 17.1 Å². The van der Waals surface area contributed by atoms with Crippen molar-refractivity contribution in [2.45, 2.75) is 70.2 Å². The van der Waals surface area contributed by atoms with Gasteiger partial charge in [0.25, 0.3) is 0 Å². The third-order valence-electron chi connectivity index (χ3n) is 7.11. The smallest absolute Gasteiger partial charge is 0.416 e. The van der Waals surface area contributed by atoms with Crippen LogP contribution in [0.15, 0.2) is 48.5 Å². The molecule has 1 atom stereocenters. The lowest BCUT2D eigenvalue weighted by Crippen LogP contribution is -2.50. The van der Waals surface area contributed by atoms with Crippen molar-refractivity contribution in [3.63, 3.8) is 0 Å². The van der Waals surface area contributed by atoms with Crippen molar-refractivity contribution in [1.82, 2.24) is 5.43 Å². The topological polar surface area (TPSA) is 78.9 Å². The molecule has 1 aliphatic carbocycles. The molecule has 1 aliphatic heterocycles. The average Bonchev–Trinajstić information content (AvgIpc) is 3.00. The summed E-state index contributed by atoms with van der Waals surface area (Å²) < 4.78 is 44.3. The van der Waals surface area contributed by atoms with Crippen LogP contribution in [0.3, 0.4) is 0 Å². The van der Waals surface area contributed by atoms with Crippen LogP contribution in [0.2, 0.25) is 0 Å². The molecule has 1 amide bonds. The molecule has 1 heterocycles. The number of carboxylic acid groups (broad SMARTS) is 1. The zero-order valence-corrected chi connectivity index (χ0v) is 19.7. The summed E-state index contributed by atoms with van der Waals surface area (Å²) in [5.41, 5.74) is 2.04. The summed E-state index contributed by atoms with van der Waals surface area (Å²) in [6, 6.07) is 11.8. The van der Waals surface area contributed by atoms with Gasteiger partial charge >= 0.3 is 12.1 Å². The molecule has 2 aromatic rings. The molecule has 6 nitrogen and oxygen atoms in total. The Morgan fingerprint density at radius 1 is 1.11 bits per heavy atom. The highest BCUT2D eigenvalue weighted by molar-refractivity contribution is 5.99. The standard InChI is InChI=1S/C26H29F3N2O4/c1-24(2)21(30-31(22(24)32)19-11-9-18(10-12-19)26(27,28)29)6-3-5-17-7-13-20(14-8-17)35-25(23(33)34)15-4-16-25/h7-14,21,30H,3-6,15-16H2,1-2H3,(H,33,34).